The van der Waals surface area contributed by atoms with Gasteiger partial charge in [-0.3, -0.25) is 14.5 Å². The van der Waals surface area contributed by atoms with Gasteiger partial charge in [0.2, 0.25) is 5.91 Å². The third-order valence-corrected chi connectivity index (χ3v) is 4.78. The van der Waals surface area contributed by atoms with Gasteiger partial charge in [0.05, 0.1) is 11.4 Å². The summed E-state index contributed by atoms with van der Waals surface area (Å²) >= 11 is 0. The van der Waals surface area contributed by atoms with Crippen LogP contribution in [0.5, 0.6) is 0 Å². The summed E-state index contributed by atoms with van der Waals surface area (Å²) in [5.41, 5.74) is 3.29. The molecule has 2 aromatic rings. The van der Waals surface area contributed by atoms with Crippen LogP contribution in [0.4, 0.5) is 17.1 Å². The average Bonchev–Trinajstić information content (AvgIpc) is 3.45. The van der Waals surface area contributed by atoms with Gasteiger partial charge in [0.25, 0.3) is 5.91 Å². The lowest BCUT2D eigenvalue weighted by atomic mass is 10.1. The van der Waals surface area contributed by atoms with E-state index in [2.05, 4.69) is 0 Å². The fraction of sp³-hybridized carbons (Fsp3) is 0.300. The number of carbonyl (C=O) groups excluding carboxylic acids is 2. The molecule has 1 aliphatic carbocycles. The van der Waals surface area contributed by atoms with Crippen molar-refractivity contribution in [3.63, 3.8) is 0 Å². The maximum atomic E-state index is 13.0. The molecule has 0 saturated heterocycles. The summed E-state index contributed by atoms with van der Waals surface area (Å²) in [5, 5.41) is 0. The van der Waals surface area contributed by atoms with Crippen molar-refractivity contribution in [2.24, 2.45) is 0 Å². The van der Waals surface area contributed by atoms with Crippen LogP contribution < -0.4 is 14.7 Å². The molecule has 1 aliphatic heterocycles. The van der Waals surface area contributed by atoms with Gasteiger partial charge < -0.3 is 9.80 Å². The molecule has 0 aromatic heterocycles. The van der Waals surface area contributed by atoms with Crippen LogP contribution in [-0.2, 0) is 4.79 Å². The SMILES string of the molecule is CN(C)c1ccc(C(=O)N2CC(=O)N(C3CC3)c3ccccc32)cc1. The summed E-state index contributed by atoms with van der Waals surface area (Å²) in [4.78, 5) is 31.1. The van der Waals surface area contributed by atoms with E-state index in [0.717, 1.165) is 29.9 Å². The smallest absolute Gasteiger partial charge is 0.258 e. The molecular weight excluding hydrogens is 314 g/mol. The zero-order valence-electron chi connectivity index (χ0n) is 14.5. The maximum absolute atomic E-state index is 13.0. The van der Waals surface area contributed by atoms with Crippen molar-refractivity contribution in [1.82, 2.24) is 0 Å². The predicted octanol–water partition coefficient (Wildman–Crippen LogP) is 2.91. The van der Waals surface area contributed by atoms with Crippen LogP contribution >= 0.6 is 0 Å². The first-order valence-electron chi connectivity index (χ1n) is 8.56. The molecule has 5 nitrogen and oxygen atoms in total. The van der Waals surface area contributed by atoms with Crippen LogP contribution in [0.25, 0.3) is 0 Å². The zero-order chi connectivity index (χ0) is 17.6. The Bertz CT molecular complexity index is 825. The Labute approximate surface area is 147 Å². The molecular formula is C20H21N3O2. The molecule has 0 atom stereocenters. The van der Waals surface area contributed by atoms with Crippen molar-refractivity contribution < 1.29 is 9.59 Å². The Hall–Kier alpha value is -2.82. The van der Waals surface area contributed by atoms with Gasteiger partial charge in [0.1, 0.15) is 6.54 Å². The monoisotopic (exact) mass is 335 g/mol. The first kappa shape index (κ1) is 15.7. The Kier molecular flexibility index (Phi) is 3.71. The van der Waals surface area contributed by atoms with Crippen molar-refractivity contribution in [1.29, 1.82) is 0 Å². The van der Waals surface area contributed by atoms with Crippen molar-refractivity contribution in [3.8, 4) is 0 Å². The van der Waals surface area contributed by atoms with Crippen molar-refractivity contribution in [2.75, 3.05) is 35.3 Å². The Morgan fingerprint density at radius 1 is 1.00 bits per heavy atom. The minimum atomic E-state index is -0.137. The second-order valence-electron chi connectivity index (χ2n) is 6.82. The molecule has 1 saturated carbocycles. The molecule has 5 heteroatoms. The number of hydrogen-bond acceptors (Lipinski definition) is 3. The van der Waals surface area contributed by atoms with Gasteiger partial charge in [-0.2, -0.15) is 0 Å². The molecule has 4 rings (SSSR count). The molecule has 0 N–H and O–H groups in total. The lowest BCUT2D eigenvalue weighted by Crippen LogP contribution is -2.49. The standard InChI is InChI=1S/C20H21N3O2/c1-21(2)15-9-7-14(8-10-15)20(25)22-13-19(24)23(16-11-12-16)18-6-4-3-5-17(18)22/h3-10,16H,11-13H2,1-2H3. The number of para-hydroxylation sites is 2. The van der Waals surface area contributed by atoms with Gasteiger partial charge in [-0.05, 0) is 49.2 Å². The zero-order valence-corrected chi connectivity index (χ0v) is 14.5. The van der Waals surface area contributed by atoms with E-state index in [9.17, 15) is 9.59 Å². The molecule has 0 unspecified atom stereocenters. The molecule has 1 heterocycles. The second kappa shape index (κ2) is 5.92. The van der Waals surface area contributed by atoms with Gasteiger partial charge in [0, 0.05) is 31.4 Å². The molecule has 2 amide bonds. The second-order valence-corrected chi connectivity index (χ2v) is 6.82. The number of anilines is 3. The van der Waals surface area contributed by atoms with Gasteiger partial charge in [-0.25, -0.2) is 0 Å². The van der Waals surface area contributed by atoms with Gasteiger partial charge in [-0.1, -0.05) is 12.1 Å². The minimum Gasteiger partial charge on any atom is -0.378 e. The number of rotatable bonds is 3. The van der Waals surface area contributed by atoms with Crippen molar-refractivity contribution >= 4 is 28.9 Å². The minimum absolute atomic E-state index is 0.000498. The van der Waals surface area contributed by atoms with E-state index in [1.807, 2.05) is 72.4 Å². The summed E-state index contributed by atoms with van der Waals surface area (Å²) in [6.45, 7) is 0.0990. The molecule has 2 aliphatic rings. The molecule has 2 aromatic carbocycles. The van der Waals surface area contributed by atoms with E-state index in [4.69, 9.17) is 0 Å². The Morgan fingerprint density at radius 2 is 1.64 bits per heavy atom. The van der Waals surface area contributed by atoms with Crippen LogP contribution in [0.2, 0.25) is 0 Å². The van der Waals surface area contributed by atoms with Crippen LogP contribution in [0.15, 0.2) is 48.5 Å². The third-order valence-electron chi connectivity index (χ3n) is 4.78. The third kappa shape index (κ3) is 2.76. The molecule has 25 heavy (non-hydrogen) atoms. The van der Waals surface area contributed by atoms with E-state index in [0.29, 0.717) is 11.6 Å². The predicted molar refractivity (Wildman–Crippen MR) is 99.4 cm³/mol. The summed E-state index contributed by atoms with van der Waals surface area (Å²) in [5.74, 6) is -0.138. The van der Waals surface area contributed by atoms with E-state index < -0.39 is 0 Å². The van der Waals surface area contributed by atoms with E-state index in [1.54, 1.807) is 4.90 Å². The van der Waals surface area contributed by atoms with Crippen molar-refractivity contribution in [3.05, 3.63) is 54.1 Å². The van der Waals surface area contributed by atoms with E-state index in [1.165, 1.54) is 0 Å². The summed E-state index contributed by atoms with van der Waals surface area (Å²) in [6.07, 6.45) is 2.08. The van der Waals surface area contributed by atoms with Gasteiger partial charge in [0.15, 0.2) is 0 Å². The quantitative estimate of drug-likeness (QED) is 0.866. The first-order valence-corrected chi connectivity index (χ1v) is 8.56. The molecule has 0 radical (unpaired) electrons. The lowest BCUT2D eigenvalue weighted by molar-refractivity contribution is -0.117. The topological polar surface area (TPSA) is 43.9 Å². The summed E-state index contributed by atoms with van der Waals surface area (Å²) < 4.78 is 0. The molecule has 128 valence electrons. The number of hydrogen-bond donors (Lipinski definition) is 0. The molecule has 0 bridgehead atoms. The Balaban J connectivity index is 1.68. The van der Waals surface area contributed by atoms with E-state index >= 15 is 0 Å². The normalized spacial score (nSPS) is 16.6. The highest BCUT2D eigenvalue weighted by Gasteiger charge is 2.40. The number of benzene rings is 2. The van der Waals surface area contributed by atoms with Crippen LogP contribution in [0, 0.1) is 0 Å². The fourth-order valence-corrected chi connectivity index (χ4v) is 3.30. The number of fused-ring (bicyclic) bond motifs is 1. The highest BCUT2D eigenvalue weighted by molar-refractivity contribution is 6.16. The maximum Gasteiger partial charge on any atom is 0.258 e. The Morgan fingerprint density at radius 3 is 2.24 bits per heavy atom. The highest BCUT2D eigenvalue weighted by Crippen LogP contribution is 2.40. The first-order chi connectivity index (χ1) is 12.1. The summed E-state index contributed by atoms with van der Waals surface area (Å²) in [7, 11) is 3.92. The summed E-state index contributed by atoms with van der Waals surface area (Å²) in [6, 6.07) is 15.4. The van der Waals surface area contributed by atoms with Crippen LogP contribution in [-0.4, -0.2) is 38.5 Å². The average molecular weight is 335 g/mol. The van der Waals surface area contributed by atoms with E-state index in [-0.39, 0.29) is 18.4 Å². The molecule has 1 fully saturated rings. The lowest BCUT2D eigenvalue weighted by Gasteiger charge is -2.36. The number of carbonyl (C=O) groups is 2. The highest BCUT2D eigenvalue weighted by atomic mass is 16.2. The van der Waals surface area contributed by atoms with Crippen molar-refractivity contribution in [2.45, 2.75) is 18.9 Å². The fourth-order valence-electron chi connectivity index (χ4n) is 3.30. The largest absolute Gasteiger partial charge is 0.378 e. The van der Waals surface area contributed by atoms with Crippen LogP contribution in [0.3, 0.4) is 0 Å². The van der Waals surface area contributed by atoms with Gasteiger partial charge in [-0.15, -0.1) is 0 Å². The number of nitrogens with zero attached hydrogens (tertiary/aromatic N) is 3. The van der Waals surface area contributed by atoms with Crippen LogP contribution in [0.1, 0.15) is 23.2 Å². The molecule has 0 spiro atoms. The van der Waals surface area contributed by atoms with Gasteiger partial charge >= 0.3 is 0 Å². The number of amides is 2.